The standard InChI is InChI=1S/C21H22FN3O3S.ClH/c1-24(2)10-5-11-25(21-23-15-9-8-14(22)12-19(15)29-21)20(26)18-13-27-16-6-3-4-7-17(16)28-18;/h3-4,6-9,12,18H,5,10-11,13H2,1-2H3;1H. The molecule has 0 saturated heterocycles. The highest BCUT2D eigenvalue weighted by atomic mass is 35.5. The van der Waals surface area contributed by atoms with Crippen LogP contribution in [0, 0.1) is 5.82 Å². The quantitative estimate of drug-likeness (QED) is 0.567. The number of ether oxygens (including phenoxy) is 2. The van der Waals surface area contributed by atoms with Crippen molar-refractivity contribution in [1.29, 1.82) is 0 Å². The average molecular weight is 452 g/mol. The number of aromatic nitrogens is 1. The van der Waals surface area contributed by atoms with Crippen molar-refractivity contribution in [3.05, 3.63) is 48.3 Å². The van der Waals surface area contributed by atoms with Gasteiger partial charge in [-0.05, 0) is 57.4 Å². The van der Waals surface area contributed by atoms with Crippen molar-refractivity contribution in [2.24, 2.45) is 0 Å². The molecule has 0 spiro atoms. The third-order valence-electron chi connectivity index (χ3n) is 4.61. The maximum Gasteiger partial charge on any atom is 0.273 e. The van der Waals surface area contributed by atoms with Crippen molar-refractivity contribution >= 4 is 45.0 Å². The number of anilines is 1. The SMILES string of the molecule is CN(C)CCCN(C(=O)C1COc2ccccc2O1)c1nc2ccc(F)cc2s1.Cl. The fourth-order valence-corrected chi connectivity index (χ4v) is 4.18. The van der Waals surface area contributed by atoms with Crippen LogP contribution in [0.3, 0.4) is 0 Å². The molecule has 30 heavy (non-hydrogen) atoms. The van der Waals surface area contributed by atoms with Crippen molar-refractivity contribution in [3.8, 4) is 11.5 Å². The molecule has 0 N–H and O–H groups in total. The molecule has 2 aromatic carbocycles. The second-order valence-electron chi connectivity index (χ2n) is 7.12. The van der Waals surface area contributed by atoms with Gasteiger partial charge in [-0.2, -0.15) is 0 Å². The van der Waals surface area contributed by atoms with E-state index >= 15 is 0 Å². The van der Waals surface area contributed by atoms with Gasteiger partial charge in [0.2, 0.25) is 6.10 Å². The van der Waals surface area contributed by atoms with Crippen LogP contribution < -0.4 is 14.4 Å². The van der Waals surface area contributed by atoms with E-state index in [4.69, 9.17) is 9.47 Å². The summed E-state index contributed by atoms with van der Waals surface area (Å²) < 4.78 is 25.9. The number of amides is 1. The molecule has 1 amide bonds. The lowest BCUT2D eigenvalue weighted by Crippen LogP contribution is -2.47. The normalized spacial score (nSPS) is 15.1. The molecule has 0 fully saturated rings. The van der Waals surface area contributed by atoms with Gasteiger partial charge in [0.1, 0.15) is 12.4 Å². The third kappa shape index (κ3) is 4.83. The lowest BCUT2D eigenvalue weighted by molar-refractivity contribution is -0.127. The number of hydrogen-bond donors (Lipinski definition) is 0. The second kappa shape index (κ2) is 9.59. The Morgan fingerprint density at radius 1 is 1.20 bits per heavy atom. The molecule has 0 radical (unpaired) electrons. The fraction of sp³-hybridized carbons (Fsp3) is 0.333. The van der Waals surface area contributed by atoms with Crippen molar-refractivity contribution in [2.45, 2.75) is 12.5 Å². The summed E-state index contributed by atoms with van der Waals surface area (Å²) >= 11 is 1.30. The molecule has 0 saturated carbocycles. The first-order chi connectivity index (χ1) is 14.0. The van der Waals surface area contributed by atoms with Gasteiger partial charge in [0.15, 0.2) is 16.6 Å². The Labute approximate surface area is 184 Å². The van der Waals surface area contributed by atoms with Crippen LogP contribution in [-0.2, 0) is 4.79 Å². The molecular weight excluding hydrogens is 429 g/mol. The summed E-state index contributed by atoms with van der Waals surface area (Å²) in [6.07, 6.45) is 0.0145. The lowest BCUT2D eigenvalue weighted by Gasteiger charge is -2.29. The highest BCUT2D eigenvalue weighted by Gasteiger charge is 2.33. The van der Waals surface area contributed by atoms with Gasteiger partial charge in [0, 0.05) is 6.54 Å². The number of rotatable bonds is 6. The number of thiazole rings is 1. The van der Waals surface area contributed by atoms with Gasteiger partial charge in [-0.25, -0.2) is 9.37 Å². The first-order valence-corrected chi connectivity index (χ1v) is 10.2. The number of hydrogen-bond acceptors (Lipinski definition) is 6. The molecule has 1 aliphatic rings. The van der Waals surface area contributed by atoms with E-state index in [0.29, 0.717) is 33.4 Å². The Kier molecular flexibility index (Phi) is 7.12. The zero-order valence-corrected chi connectivity index (χ0v) is 18.3. The predicted octanol–water partition coefficient (Wildman–Crippen LogP) is 3.98. The van der Waals surface area contributed by atoms with Crippen molar-refractivity contribution in [1.82, 2.24) is 9.88 Å². The maximum atomic E-state index is 13.6. The number of para-hydroxylation sites is 2. The van der Waals surface area contributed by atoms with Crippen LogP contribution in [0.4, 0.5) is 9.52 Å². The summed E-state index contributed by atoms with van der Waals surface area (Å²) in [4.78, 5) is 21.6. The molecule has 6 nitrogen and oxygen atoms in total. The molecule has 3 aromatic rings. The molecule has 1 aliphatic heterocycles. The highest BCUT2D eigenvalue weighted by Crippen LogP contribution is 2.33. The summed E-state index contributed by atoms with van der Waals surface area (Å²) in [5.41, 5.74) is 0.669. The maximum absolute atomic E-state index is 13.6. The van der Waals surface area contributed by atoms with Crippen molar-refractivity contribution in [2.75, 3.05) is 38.7 Å². The number of benzene rings is 2. The van der Waals surface area contributed by atoms with Crippen LogP contribution in [0.15, 0.2) is 42.5 Å². The highest BCUT2D eigenvalue weighted by molar-refractivity contribution is 7.22. The molecule has 1 aromatic heterocycles. The van der Waals surface area contributed by atoms with E-state index in [1.807, 2.05) is 32.3 Å². The van der Waals surface area contributed by atoms with E-state index in [1.54, 1.807) is 17.0 Å². The molecule has 0 aliphatic carbocycles. The molecule has 160 valence electrons. The molecule has 9 heteroatoms. The third-order valence-corrected chi connectivity index (χ3v) is 5.65. The summed E-state index contributed by atoms with van der Waals surface area (Å²) in [6, 6.07) is 11.7. The minimum Gasteiger partial charge on any atom is -0.485 e. The van der Waals surface area contributed by atoms with Crippen LogP contribution >= 0.6 is 23.7 Å². The lowest BCUT2D eigenvalue weighted by atomic mass is 10.2. The Morgan fingerprint density at radius 3 is 2.73 bits per heavy atom. The minimum atomic E-state index is -0.756. The van der Waals surface area contributed by atoms with Gasteiger partial charge in [0.25, 0.3) is 5.91 Å². The van der Waals surface area contributed by atoms with E-state index in [2.05, 4.69) is 9.88 Å². The molecule has 1 atom stereocenters. The number of carbonyl (C=O) groups excluding carboxylic acids is 1. The largest absolute Gasteiger partial charge is 0.485 e. The van der Waals surface area contributed by atoms with Gasteiger partial charge >= 0.3 is 0 Å². The monoisotopic (exact) mass is 451 g/mol. The summed E-state index contributed by atoms with van der Waals surface area (Å²) in [6.45, 7) is 1.45. The molecule has 0 bridgehead atoms. The second-order valence-corrected chi connectivity index (χ2v) is 8.13. The van der Waals surface area contributed by atoms with Crippen molar-refractivity contribution in [3.63, 3.8) is 0 Å². The molecular formula is C21H23ClFN3O3S. The number of fused-ring (bicyclic) bond motifs is 2. The van der Waals surface area contributed by atoms with E-state index < -0.39 is 6.10 Å². The summed E-state index contributed by atoms with van der Waals surface area (Å²) in [5, 5.41) is 0.539. The zero-order valence-electron chi connectivity index (χ0n) is 16.7. The predicted molar refractivity (Wildman–Crippen MR) is 119 cm³/mol. The van der Waals surface area contributed by atoms with Crippen LogP contribution in [0.1, 0.15) is 6.42 Å². The van der Waals surface area contributed by atoms with Crippen LogP contribution in [0.5, 0.6) is 11.5 Å². The van der Waals surface area contributed by atoms with E-state index in [0.717, 1.165) is 13.0 Å². The Bertz CT molecular complexity index is 1030. The van der Waals surface area contributed by atoms with Gasteiger partial charge in [-0.1, -0.05) is 23.5 Å². The zero-order chi connectivity index (χ0) is 20.4. The fourth-order valence-electron chi connectivity index (χ4n) is 3.16. The average Bonchev–Trinajstić information content (AvgIpc) is 3.13. The Balaban J connectivity index is 0.00000256. The number of carbonyl (C=O) groups is 1. The molecule has 1 unspecified atom stereocenters. The van der Waals surface area contributed by atoms with Gasteiger partial charge in [0.05, 0.1) is 10.2 Å². The Hall–Kier alpha value is -2.42. The first kappa shape index (κ1) is 22.3. The van der Waals surface area contributed by atoms with Crippen molar-refractivity contribution < 1.29 is 18.7 Å². The van der Waals surface area contributed by atoms with Gasteiger partial charge in [-0.15, -0.1) is 12.4 Å². The van der Waals surface area contributed by atoms with Crippen LogP contribution in [-0.4, -0.2) is 55.7 Å². The minimum absolute atomic E-state index is 0. The smallest absolute Gasteiger partial charge is 0.273 e. The van der Waals surface area contributed by atoms with Crippen LogP contribution in [0.25, 0.3) is 10.2 Å². The number of halogens is 2. The first-order valence-electron chi connectivity index (χ1n) is 9.42. The van der Waals surface area contributed by atoms with E-state index in [-0.39, 0.29) is 30.7 Å². The topological polar surface area (TPSA) is 54.9 Å². The molecule has 2 heterocycles. The van der Waals surface area contributed by atoms with Gasteiger partial charge in [-0.3, -0.25) is 9.69 Å². The van der Waals surface area contributed by atoms with E-state index in [9.17, 15) is 9.18 Å². The summed E-state index contributed by atoms with van der Waals surface area (Å²) in [7, 11) is 3.98. The molecule has 4 rings (SSSR count). The Morgan fingerprint density at radius 2 is 1.97 bits per heavy atom. The number of nitrogens with zero attached hydrogens (tertiary/aromatic N) is 3. The summed E-state index contributed by atoms with van der Waals surface area (Å²) in [5.74, 6) is 0.652. The van der Waals surface area contributed by atoms with Crippen LogP contribution in [0.2, 0.25) is 0 Å². The van der Waals surface area contributed by atoms with E-state index in [1.165, 1.54) is 23.5 Å². The van der Waals surface area contributed by atoms with Gasteiger partial charge < -0.3 is 14.4 Å².